The van der Waals surface area contributed by atoms with Crippen molar-refractivity contribution in [1.29, 1.82) is 0 Å². The van der Waals surface area contributed by atoms with E-state index in [1.807, 2.05) is 13.0 Å². The lowest BCUT2D eigenvalue weighted by atomic mass is 10.1. The molecule has 3 rings (SSSR count). The van der Waals surface area contributed by atoms with Crippen molar-refractivity contribution in [1.82, 2.24) is 5.32 Å². The summed E-state index contributed by atoms with van der Waals surface area (Å²) in [6.45, 7) is 4.00. The second-order valence-electron chi connectivity index (χ2n) is 8.30. The molecule has 0 saturated heterocycles. The van der Waals surface area contributed by atoms with Crippen molar-refractivity contribution in [2.24, 2.45) is 0 Å². The third-order valence-electron chi connectivity index (χ3n) is 5.45. The minimum Gasteiger partial charge on any atom is -0.482 e. The molecule has 0 amide bonds. The molecule has 3 aromatic carbocycles. The average Bonchev–Trinajstić information content (AvgIpc) is 2.87. The summed E-state index contributed by atoms with van der Waals surface area (Å²) in [7, 11) is -3.77. The highest BCUT2D eigenvalue weighted by Crippen LogP contribution is 2.25. The zero-order chi connectivity index (χ0) is 26.1. The number of ether oxygens (including phenoxy) is 2. The molecule has 36 heavy (non-hydrogen) atoms. The fourth-order valence-corrected chi connectivity index (χ4v) is 5.08. The van der Waals surface area contributed by atoms with Gasteiger partial charge >= 0.3 is 5.97 Å². The Labute approximate surface area is 216 Å². The summed E-state index contributed by atoms with van der Waals surface area (Å²) in [6, 6.07) is 19.9. The van der Waals surface area contributed by atoms with Crippen molar-refractivity contribution in [2.75, 3.05) is 19.8 Å². The first kappa shape index (κ1) is 27.7. The van der Waals surface area contributed by atoms with Gasteiger partial charge in [-0.2, -0.15) is 0 Å². The van der Waals surface area contributed by atoms with E-state index >= 15 is 0 Å². The normalized spacial score (nSPS) is 13.1. The Morgan fingerprint density at radius 3 is 2.44 bits per heavy atom. The smallest absolute Gasteiger partial charge is 0.344 e. The molecule has 9 heteroatoms. The fraction of sp³-hybridized carbons (Fsp3) is 0.296. The minimum absolute atomic E-state index is 0.0505. The highest BCUT2D eigenvalue weighted by atomic mass is 35.5. The second-order valence-corrected chi connectivity index (χ2v) is 10.7. The molecule has 0 fully saturated rings. The van der Waals surface area contributed by atoms with Gasteiger partial charge in [0.1, 0.15) is 5.75 Å². The SMILES string of the molecule is CCOC(=O)COc1cccc(S(=O)(=O)c2ccc(C[C@@H](C)NC[C@H](O)c3cccc(Cl)c3)cc2)c1. The Morgan fingerprint density at radius 1 is 1.03 bits per heavy atom. The summed E-state index contributed by atoms with van der Waals surface area (Å²) in [5.74, 6) is -0.260. The number of aliphatic hydroxyl groups excluding tert-OH is 1. The van der Waals surface area contributed by atoms with Crippen molar-refractivity contribution < 1.29 is 27.8 Å². The van der Waals surface area contributed by atoms with E-state index in [-0.39, 0.29) is 34.8 Å². The van der Waals surface area contributed by atoms with E-state index in [4.69, 9.17) is 21.1 Å². The molecule has 0 aliphatic carbocycles. The van der Waals surface area contributed by atoms with Crippen molar-refractivity contribution in [3.63, 3.8) is 0 Å². The number of sulfone groups is 1. The third-order valence-corrected chi connectivity index (χ3v) is 7.45. The number of halogens is 1. The molecular formula is C27H30ClNO6S. The molecule has 0 bridgehead atoms. The van der Waals surface area contributed by atoms with Crippen LogP contribution >= 0.6 is 11.6 Å². The van der Waals surface area contributed by atoms with Gasteiger partial charge in [0.15, 0.2) is 6.61 Å². The van der Waals surface area contributed by atoms with E-state index < -0.39 is 21.9 Å². The van der Waals surface area contributed by atoms with Crippen molar-refractivity contribution in [3.8, 4) is 5.75 Å². The molecule has 0 aliphatic heterocycles. The number of esters is 1. The third kappa shape index (κ3) is 7.80. The number of carbonyl (C=O) groups excluding carboxylic acids is 1. The molecule has 0 spiro atoms. The van der Waals surface area contributed by atoms with Gasteiger partial charge in [-0.15, -0.1) is 0 Å². The lowest BCUT2D eigenvalue weighted by Crippen LogP contribution is -2.32. The summed E-state index contributed by atoms with van der Waals surface area (Å²) in [4.78, 5) is 11.7. The Morgan fingerprint density at radius 2 is 1.75 bits per heavy atom. The van der Waals surface area contributed by atoms with Crippen LogP contribution in [0.2, 0.25) is 5.02 Å². The fourth-order valence-electron chi connectivity index (χ4n) is 3.59. The van der Waals surface area contributed by atoms with E-state index in [1.165, 1.54) is 12.1 Å². The number of hydrogen-bond donors (Lipinski definition) is 2. The Kier molecular flexibility index (Phi) is 9.89. The van der Waals surface area contributed by atoms with Gasteiger partial charge in [-0.3, -0.25) is 0 Å². The Hall–Kier alpha value is -2.91. The molecule has 0 aromatic heterocycles. The first-order valence-electron chi connectivity index (χ1n) is 11.6. The van der Waals surface area contributed by atoms with E-state index in [9.17, 15) is 18.3 Å². The molecule has 2 atom stereocenters. The molecule has 0 radical (unpaired) electrons. The van der Waals surface area contributed by atoms with E-state index in [2.05, 4.69) is 5.32 Å². The topological polar surface area (TPSA) is 102 Å². The maximum atomic E-state index is 13.1. The van der Waals surface area contributed by atoms with E-state index in [0.29, 0.717) is 18.0 Å². The van der Waals surface area contributed by atoms with Crippen molar-refractivity contribution >= 4 is 27.4 Å². The molecule has 2 N–H and O–H groups in total. The lowest BCUT2D eigenvalue weighted by molar-refractivity contribution is -0.145. The van der Waals surface area contributed by atoms with Gasteiger partial charge in [-0.25, -0.2) is 13.2 Å². The Balaban J connectivity index is 1.59. The highest BCUT2D eigenvalue weighted by Gasteiger charge is 2.19. The lowest BCUT2D eigenvalue weighted by Gasteiger charge is -2.18. The van der Waals surface area contributed by atoms with Gasteiger partial charge in [-0.1, -0.05) is 41.9 Å². The molecule has 0 heterocycles. The van der Waals surface area contributed by atoms with Crippen LogP contribution in [0, 0.1) is 0 Å². The Bertz CT molecular complexity index is 1260. The number of nitrogens with one attached hydrogen (secondary N) is 1. The first-order chi connectivity index (χ1) is 17.2. The maximum absolute atomic E-state index is 13.1. The molecule has 0 saturated carbocycles. The van der Waals surface area contributed by atoms with E-state index in [1.54, 1.807) is 61.5 Å². The number of carbonyl (C=O) groups is 1. The van der Waals surface area contributed by atoms with Crippen LogP contribution in [0.3, 0.4) is 0 Å². The minimum atomic E-state index is -3.77. The van der Waals surface area contributed by atoms with Gasteiger partial charge in [0.05, 0.1) is 22.5 Å². The molecule has 0 unspecified atom stereocenters. The summed E-state index contributed by atoms with van der Waals surface area (Å²) in [6.07, 6.45) is -0.0320. The van der Waals surface area contributed by atoms with Gasteiger partial charge in [0.2, 0.25) is 9.84 Å². The highest BCUT2D eigenvalue weighted by molar-refractivity contribution is 7.91. The average molecular weight is 532 g/mol. The monoisotopic (exact) mass is 531 g/mol. The zero-order valence-electron chi connectivity index (χ0n) is 20.2. The summed E-state index contributed by atoms with van der Waals surface area (Å²) in [5, 5.41) is 14.2. The first-order valence-corrected chi connectivity index (χ1v) is 13.4. The molecular weight excluding hydrogens is 502 g/mol. The molecule has 0 aliphatic rings. The van der Waals surface area contributed by atoms with Crippen molar-refractivity contribution in [2.45, 2.75) is 42.2 Å². The van der Waals surface area contributed by atoms with Crippen LogP contribution in [0.5, 0.6) is 5.75 Å². The largest absolute Gasteiger partial charge is 0.482 e. The van der Waals surface area contributed by atoms with Crippen LogP contribution in [0.15, 0.2) is 82.6 Å². The van der Waals surface area contributed by atoms with Gasteiger partial charge in [-0.05, 0) is 73.9 Å². The molecule has 3 aromatic rings. The summed E-state index contributed by atoms with van der Waals surface area (Å²) < 4.78 is 36.4. The van der Waals surface area contributed by atoms with Crippen molar-refractivity contribution in [3.05, 3.63) is 88.9 Å². The van der Waals surface area contributed by atoms with E-state index in [0.717, 1.165) is 11.1 Å². The van der Waals surface area contributed by atoms with Gasteiger partial charge in [0.25, 0.3) is 0 Å². The quantitative estimate of drug-likeness (QED) is 0.335. The molecule has 192 valence electrons. The predicted molar refractivity (Wildman–Crippen MR) is 138 cm³/mol. The van der Waals surface area contributed by atoms with Crippen LogP contribution in [0.25, 0.3) is 0 Å². The number of hydrogen-bond acceptors (Lipinski definition) is 7. The van der Waals surface area contributed by atoms with Crippen LogP contribution in [0.4, 0.5) is 0 Å². The maximum Gasteiger partial charge on any atom is 0.344 e. The van der Waals surface area contributed by atoms with Crippen LogP contribution in [-0.2, 0) is 25.8 Å². The zero-order valence-corrected chi connectivity index (χ0v) is 21.8. The standard InChI is InChI=1S/C27H30ClNO6S/c1-3-34-27(31)18-35-23-8-5-9-25(16-23)36(32,33)24-12-10-20(11-13-24)14-19(2)29-17-26(30)21-6-4-7-22(28)15-21/h4-13,15-16,19,26,29-30H,3,14,17-18H2,1-2H3/t19-,26+/m1/s1. The predicted octanol–water partition coefficient (Wildman–Crippen LogP) is 4.37. The second kappa shape index (κ2) is 12.9. The van der Waals surface area contributed by atoms with Crippen LogP contribution < -0.4 is 10.1 Å². The summed E-state index contributed by atoms with van der Waals surface area (Å²) >= 11 is 5.99. The number of rotatable bonds is 12. The van der Waals surface area contributed by atoms with Crippen LogP contribution in [-0.4, -0.2) is 45.3 Å². The van der Waals surface area contributed by atoms with Crippen LogP contribution in [0.1, 0.15) is 31.1 Å². The number of benzene rings is 3. The molecule has 7 nitrogen and oxygen atoms in total. The summed E-state index contributed by atoms with van der Waals surface area (Å²) in [5.41, 5.74) is 1.70. The van der Waals surface area contributed by atoms with Gasteiger partial charge in [0, 0.05) is 17.6 Å². The number of aliphatic hydroxyl groups is 1. The van der Waals surface area contributed by atoms with Gasteiger partial charge < -0.3 is 19.9 Å².